The van der Waals surface area contributed by atoms with Crippen LogP contribution in [0.3, 0.4) is 0 Å². The molecule has 0 atom stereocenters. The third-order valence-electron chi connectivity index (χ3n) is 9.28. The minimum atomic E-state index is -4.54. The third-order valence-corrected chi connectivity index (χ3v) is 9.28. The van der Waals surface area contributed by atoms with Crippen molar-refractivity contribution in [2.45, 2.75) is 31.6 Å². The van der Waals surface area contributed by atoms with Gasteiger partial charge in [0.2, 0.25) is 0 Å². The standard InChI is InChI=1S/C41H30F6N2O2/c1-23-19-25(11-15-35(23)50-37-17-13-27(21-33(37)48)40(42,43)44)39(31-9-5-3-7-29(31)30-8-4-6-10-32(30)39)26-12-16-36(24(2)20-26)51-38-18-14-28(22-34(38)49)41(45,46)47/h3-22H,48-49H2,1-2H3. The van der Waals surface area contributed by atoms with Gasteiger partial charge in [0, 0.05) is 0 Å². The van der Waals surface area contributed by atoms with Gasteiger partial charge in [0.15, 0.2) is 0 Å². The molecule has 0 saturated heterocycles. The van der Waals surface area contributed by atoms with E-state index in [-0.39, 0.29) is 22.9 Å². The summed E-state index contributed by atoms with van der Waals surface area (Å²) in [5.74, 6) is 1.05. The van der Waals surface area contributed by atoms with Crippen LogP contribution < -0.4 is 20.9 Å². The highest BCUT2D eigenvalue weighted by Gasteiger charge is 2.46. The van der Waals surface area contributed by atoms with E-state index in [4.69, 9.17) is 20.9 Å². The van der Waals surface area contributed by atoms with Gasteiger partial charge in [0.05, 0.1) is 27.9 Å². The Balaban J connectivity index is 1.33. The second-order valence-corrected chi connectivity index (χ2v) is 12.5. The second-order valence-electron chi connectivity index (χ2n) is 12.5. The predicted octanol–water partition coefficient (Wildman–Crippen LogP) is 11.5. The van der Waals surface area contributed by atoms with Crippen molar-refractivity contribution < 1.29 is 35.8 Å². The van der Waals surface area contributed by atoms with Crippen LogP contribution in [0.4, 0.5) is 37.7 Å². The molecular weight excluding hydrogens is 666 g/mol. The van der Waals surface area contributed by atoms with Gasteiger partial charge in [-0.1, -0.05) is 72.8 Å². The van der Waals surface area contributed by atoms with Crippen LogP contribution in [-0.2, 0) is 17.8 Å². The van der Waals surface area contributed by atoms with E-state index in [0.29, 0.717) is 11.5 Å². The van der Waals surface area contributed by atoms with Crippen molar-refractivity contribution in [3.05, 3.63) is 166 Å². The van der Waals surface area contributed by atoms with Crippen molar-refractivity contribution in [3.8, 4) is 34.1 Å². The number of ether oxygens (including phenoxy) is 2. The first-order valence-electron chi connectivity index (χ1n) is 15.9. The van der Waals surface area contributed by atoms with Gasteiger partial charge in [0.25, 0.3) is 0 Å². The minimum Gasteiger partial charge on any atom is -0.455 e. The van der Waals surface area contributed by atoms with Gasteiger partial charge in [0.1, 0.15) is 23.0 Å². The fourth-order valence-corrected chi connectivity index (χ4v) is 6.89. The summed E-state index contributed by atoms with van der Waals surface area (Å²) < 4.78 is 91.5. The number of hydrogen-bond donors (Lipinski definition) is 2. The summed E-state index contributed by atoms with van der Waals surface area (Å²) in [5, 5.41) is 0. The highest BCUT2D eigenvalue weighted by atomic mass is 19.4. The average Bonchev–Trinajstić information content (AvgIpc) is 3.38. The first-order chi connectivity index (χ1) is 24.2. The van der Waals surface area contributed by atoms with Crippen molar-refractivity contribution >= 4 is 11.4 Å². The van der Waals surface area contributed by atoms with Crippen LogP contribution in [-0.4, -0.2) is 0 Å². The SMILES string of the molecule is Cc1cc(C2(c3ccc(Oc4ccc(C(F)(F)F)cc4N)c(C)c3)c3ccccc3-c3ccccc32)ccc1Oc1ccc(C(F)(F)F)cc1N. The van der Waals surface area contributed by atoms with Crippen molar-refractivity contribution in [2.75, 3.05) is 11.5 Å². The molecule has 4 N–H and O–H groups in total. The van der Waals surface area contributed by atoms with Crippen LogP contribution in [0.15, 0.2) is 121 Å². The molecule has 0 aromatic heterocycles. The van der Waals surface area contributed by atoms with Gasteiger partial charge >= 0.3 is 12.4 Å². The molecule has 4 nitrogen and oxygen atoms in total. The maximum absolute atomic E-state index is 13.2. The molecule has 7 rings (SSSR count). The summed E-state index contributed by atoms with van der Waals surface area (Å²) >= 11 is 0. The number of alkyl halides is 6. The minimum absolute atomic E-state index is 0.102. The first-order valence-corrected chi connectivity index (χ1v) is 15.9. The number of nitrogen functional groups attached to an aromatic ring is 2. The number of rotatable bonds is 6. The van der Waals surface area contributed by atoms with Gasteiger partial charge < -0.3 is 20.9 Å². The number of hydrogen-bond acceptors (Lipinski definition) is 4. The highest BCUT2D eigenvalue weighted by molar-refractivity contribution is 5.86. The van der Waals surface area contributed by atoms with Gasteiger partial charge in [-0.2, -0.15) is 26.3 Å². The normalized spacial score (nSPS) is 13.4. The summed E-state index contributed by atoms with van der Waals surface area (Å²) in [7, 11) is 0. The molecule has 0 fully saturated rings. The van der Waals surface area contributed by atoms with E-state index in [1.54, 1.807) is 12.1 Å². The summed E-state index contributed by atoms with van der Waals surface area (Å²) in [6.07, 6.45) is -9.07. The third kappa shape index (κ3) is 5.80. The van der Waals surface area contributed by atoms with Crippen molar-refractivity contribution in [3.63, 3.8) is 0 Å². The summed E-state index contributed by atoms with van der Waals surface area (Å²) in [5.41, 5.74) is 16.5. The Morgan fingerprint density at radius 3 is 1.20 bits per heavy atom. The monoisotopic (exact) mass is 696 g/mol. The lowest BCUT2D eigenvalue weighted by molar-refractivity contribution is -0.138. The summed E-state index contributed by atoms with van der Waals surface area (Å²) in [6.45, 7) is 3.71. The zero-order valence-corrected chi connectivity index (χ0v) is 27.3. The van der Waals surface area contributed by atoms with E-state index in [0.717, 1.165) is 68.8 Å². The number of benzene rings is 6. The number of anilines is 2. The zero-order valence-electron chi connectivity index (χ0n) is 27.3. The fourth-order valence-electron chi connectivity index (χ4n) is 6.89. The Morgan fingerprint density at radius 1 is 0.471 bits per heavy atom. The van der Waals surface area contributed by atoms with E-state index in [1.165, 1.54) is 12.1 Å². The smallest absolute Gasteiger partial charge is 0.416 e. The molecule has 1 aliphatic carbocycles. The van der Waals surface area contributed by atoms with Crippen LogP contribution in [0.5, 0.6) is 23.0 Å². The molecule has 0 spiro atoms. The quantitative estimate of drug-likeness (QED) is 0.134. The lowest BCUT2D eigenvalue weighted by atomic mass is 9.67. The molecule has 0 radical (unpaired) electrons. The fraction of sp³-hybridized carbons (Fsp3) is 0.122. The van der Waals surface area contributed by atoms with Crippen LogP contribution in [0.1, 0.15) is 44.5 Å². The first kappa shape index (κ1) is 33.6. The van der Waals surface area contributed by atoms with Crippen LogP contribution in [0.25, 0.3) is 11.1 Å². The van der Waals surface area contributed by atoms with Crippen LogP contribution >= 0.6 is 0 Å². The van der Waals surface area contributed by atoms with E-state index in [2.05, 4.69) is 24.3 Å². The Bertz CT molecular complexity index is 2150. The number of aryl methyl sites for hydroxylation is 2. The molecule has 0 bridgehead atoms. The van der Waals surface area contributed by atoms with E-state index in [1.807, 2.05) is 62.4 Å². The predicted molar refractivity (Wildman–Crippen MR) is 185 cm³/mol. The molecule has 258 valence electrons. The summed E-state index contributed by atoms with van der Waals surface area (Å²) in [4.78, 5) is 0. The molecule has 6 aromatic carbocycles. The molecule has 0 saturated carbocycles. The van der Waals surface area contributed by atoms with E-state index in [9.17, 15) is 26.3 Å². The molecule has 10 heteroatoms. The number of halogens is 6. The average molecular weight is 697 g/mol. The van der Waals surface area contributed by atoms with Crippen molar-refractivity contribution in [1.82, 2.24) is 0 Å². The zero-order chi connectivity index (χ0) is 36.3. The van der Waals surface area contributed by atoms with E-state index >= 15 is 0 Å². The topological polar surface area (TPSA) is 70.5 Å². The molecule has 0 amide bonds. The lowest BCUT2D eigenvalue weighted by Gasteiger charge is -2.34. The maximum atomic E-state index is 13.2. The second kappa shape index (κ2) is 12.2. The Kier molecular flexibility index (Phi) is 8.00. The number of fused-ring (bicyclic) bond motifs is 3. The maximum Gasteiger partial charge on any atom is 0.416 e. The van der Waals surface area contributed by atoms with Crippen LogP contribution in [0.2, 0.25) is 0 Å². The number of nitrogens with two attached hydrogens (primary N) is 2. The highest BCUT2D eigenvalue weighted by Crippen LogP contribution is 2.57. The Morgan fingerprint density at radius 2 is 0.843 bits per heavy atom. The molecule has 1 aliphatic rings. The van der Waals surface area contributed by atoms with Gasteiger partial charge in [-0.25, -0.2) is 0 Å². The summed E-state index contributed by atoms with van der Waals surface area (Å²) in [6, 6.07) is 33.7. The van der Waals surface area contributed by atoms with Crippen LogP contribution in [0, 0.1) is 13.8 Å². The lowest BCUT2D eigenvalue weighted by Crippen LogP contribution is -2.28. The Labute approximate surface area is 289 Å². The molecule has 0 unspecified atom stereocenters. The van der Waals surface area contributed by atoms with Gasteiger partial charge in [-0.15, -0.1) is 0 Å². The van der Waals surface area contributed by atoms with Gasteiger partial charge in [-0.05, 0) is 107 Å². The van der Waals surface area contributed by atoms with Crippen molar-refractivity contribution in [2.24, 2.45) is 0 Å². The van der Waals surface area contributed by atoms with Crippen molar-refractivity contribution in [1.29, 1.82) is 0 Å². The van der Waals surface area contributed by atoms with Gasteiger partial charge in [-0.3, -0.25) is 0 Å². The largest absolute Gasteiger partial charge is 0.455 e. The molecular formula is C41H30F6N2O2. The van der Waals surface area contributed by atoms with E-state index < -0.39 is 28.9 Å². The molecule has 51 heavy (non-hydrogen) atoms. The molecule has 6 aromatic rings. The molecule has 0 heterocycles. The molecule has 0 aliphatic heterocycles. The Hall–Kier alpha value is -5.90.